The van der Waals surface area contributed by atoms with Crippen LogP contribution in [0.1, 0.15) is 12.0 Å². The number of halogens is 2. The highest BCUT2D eigenvalue weighted by molar-refractivity contribution is 6.33. The third-order valence-corrected chi connectivity index (χ3v) is 4.75. The molecule has 1 aromatic heterocycles. The highest BCUT2D eigenvalue weighted by atomic mass is 35.5. The second-order valence-corrected chi connectivity index (χ2v) is 6.85. The number of fused-ring (bicyclic) bond motifs is 1. The maximum Gasteiger partial charge on any atom is 0.224 e. The molecule has 138 valence electrons. The summed E-state index contributed by atoms with van der Waals surface area (Å²) in [7, 11) is 0. The summed E-state index contributed by atoms with van der Waals surface area (Å²) in [5, 5.41) is 3.31. The van der Waals surface area contributed by atoms with Crippen molar-refractivity contribution in [3.8, 4) is 17.1 Å². The van der Waals surface area contributed by atoms with Crippen LogP contribution in [0.25, 0.3) is 11.3 Å². The summed E-state index contributed by atoms with van der Waals surface area (Å²) >= 11 is 6.28. The molecule has 0 fully saturated rings. The molecule has 7 heteroatoms. The molecule has 3 aromatic rings. The summed E-state index contributed by atoms with van der Waals surface area (Å²) in [6.07, 6.45) is 3.89. The molecule has 0 bridgehead atoms. The van der Waals surface area contributed by atoms with Crippen LogP contribution in [0.4, 0.5) is 10.1 Å². The Morgan fingerprint density at radius 3 is 2.96 bits per heavy atom. The molecule has 0 radical (unpaired) electrons. The second kappa shape index (κ2) is 7.40. The van der Waals surface area contributed by atoms with Crippen LogP contribution in [0.15, 0.2) is 53.4 Å². The van der Waals surface area contributed by atoms with Crippen LogP contribution in [-0.2, 0) is 11.2 Å². The lowest BCUT2D eigenvalue weighted by Gasteiger charge is -2.25. The number of aromatic nitrogens is 1. The summed E-state index contributed by atoms with van der Waals surface area (Å²) in [6, 6.07) is 9.69. The summed E-state index contributed by atoms with van der Waals surface area (Å²) in [5.41, 5.74) is 2.23. The largest absolute Gasteiger partial charge is 0.493 e. The Morgan fingerprint density at radius 2 is 2.19 bits per heavy atom. The van der Waals surface area contributed by atoms with Crippen LogP contribution >= 0.6 is 11.6 Å². The van der Waals surface area contributed by atoms with Crippen LogP contribution in [0.5, 0.6) is 5.75 Å². The van der Waals surface area contributed by atoms with Crippen molar-refractivity contribution in [2.75, 3.05) is 11.9 Å². The Morgan fingerprint density at radius 1 is 1.30 bits per heavy atom. The van der Waals surface area contributed by atoms with E-state index in [1.807, 2.05) is 0 Å². The zero-order chi connectivity index (χ0) is 18.8. The molecule has 2 aromatic carbocycles. The Kier molecular flexibility index (Phi) is 4.81. The molecule has 1 amide bonds. The maximum absolute atomic E-state index is 13.2. The van der Waals surface area contributed by atoms with Crippen LogP contribution in [-0.4, -0.2) is 17.5 Å². The molecule has 1 atom stereocenters. The number of hydrogen-bond donors (Lipinski definition) is 1. The number of nitrogens with one attached hydrogen (secondary N) is 1. The monoisotopic (exact) mass is 386 g/mol. The van der Waals surface area contributed by atoms with Gasteiger partial charge in [-0.25, -0.2) is 9.37 Å². The number of carbonyl (C=O) groups excluding carboxylic acids is 1. The summed E-state index contributed by atoms with van der Waals surface area (Å²) in [6.45, 7) is 0.384. The van der Waals surface area contributed by atoms with Gasteiger partial charge in [0.2, 0.25) is 5.91 Å². The third kappa shape index (κ3) is 3.95. The molecular weight excluding hydrogens is 371 g/mol. The fourth-order valence-corrected chi connectivity index (χ4v) is 3.43. The van der Waals surface area contributed by atoms with E-state index in [1.165, 1.54) is 18.5 Å². The smallest absolute Gasteiger partial charge is 0.224 e. The molecule has 0 spiro atoms. The first-order chi connectivity index (χ1) is 13.1. The maximum atomic E-state index is 13.2. The van der Waals surface area contributed by atoms with E-state index in [-0.39, 0.29) is 17.6 Å². The number of carbonyl (C=O) groups is 1. The van der Waals surface area contributed by atoms with Gasteiger partial charge in [-0.15, -0.1) is 0 Å². The van der Waals surface area contributed by atoms with Gasteiger partial charge in [-0.2, -0.15) is 0 Å². The molecule has 5 nitrogen and oxygen atoms in total. The second-order valence-electron chi connectivity index (χ2n) is 6.45. The Balaban J connectivity index is 1.38. The molecule has 4 rings (SSSR count). The third-order valence-electron chi connectivity index (χ3n) is 4.44. The van der Waals surface area contributed by atoms with Gasteiger partial charge in [-0.05, 0) is 36.2 Å². The lowest BCUT2D eigenvalue weighted by Crippen LogP contribution is -2.26. The Hall–Kier alpha value is -2.86. The number of hydrogen-bond acceptors (Lipinski definition) is 4. The molecule has 0 saturated heterocycles. The van der Waals surface area contributed by atoms with E-state index in [0.29, 0.717) is 47.2 Å². The fourth-order valence-electron chi connectivity index (χ4n) is 3.16. The van der Waals surface area contributed by atoms with E-state index in [4.69, 9.17) is 20.8 Å². The topological polar surface area (TPSA) is 64.4 Å². The molecule has 27 heavy (non-hydrogen) atoms. The summed E-state index contributed by atoms with van der Waals surface area (Å²) in [4.78, 5) is 16.2. The average molecular weight is 387 g/mol. The van der Waals surface area contributed by atoms with Crippen molar-refractivity contribution in [2.24, 2.45) is 5.92 Å². The molecule has 0 aliphatic carbocycles. The predicted molar refractivity (Wildman–Crippen MR) is 99.3 cm³/mol. The van der Waals surface area contributed by atoms with Gasteiger partial charge in [0.1, 0.15) is 11.6 Å². The number of amides is 1. The van der Waals surface area contributed by atoms with Gasteiger partial charge in [0.25, 0.3) is 0 Å². The van der Waals surface area contributed by atoms with Gasteiger partial charge >= 0.3 is 0 Å². The predicted octanol–water partition coefficient (Wildman–Crippen LogP) is 4.71. The van der Waals surface area contributed by atoms with Gasteiger partial charge in [-0.1, -0.05) is 17.7 Å². The van der Waals surface area contributed by atoms with Crippen molar-refractivity contribution in [2.45, 2.75) is 12.8 Å². The van der Waals surface area contributed by atoms with Gasteiger partial charge in [0.05, 0.1) is 17.8 Å². The van der Waals surface area contributed by atoms with Gasteiger partial charge in [-0.3, -0.25) is 4.79 Å². The first kappa shape index (κ1) is 17.5. The first-order valence-electron chi connectivity index (χ1n) is 8.48. The van der Waals surface area contributed by atoms with Crippen molar-refractivity contribution in [3.63, 3.8) is 0 Å². The molecule has 1 unspecified atom stereocenters. The molecule has 0 saturated carbocycles. The Bertz CT molecular complexity index is 975. The number of rotatable bonds is 4. The lowest BCUT2D eigenvalue weighted by molar-refractivity contribution is -0.117. The van der Waals surface area contributed by atoms with E-state index in [9.17, 15) is 9.18 Å². The van der Waals surface area contributed by atoms with Crippen LogP contribution in [0.2, 0.25) is 5.02 Å². The fraction of sp³-hybridized carbons (Fsp3) is 0.200. The quantitative estimate of drug-likeness (QED) is 0.705. The minimum absolute atomic E-state index is 0.0342. The SMILES string of the molecule is O=C(CC1COc2cc(F)ccc2C1)Nc1ccc(-c2cnco2)c(Cl)c1. The number of benzene rings is 2. The van der Waals surface area contributed by atoms with Gasteiger partial charge in [0, 0.05) is 29.7 Å². The van der Waals surface area contributed by atoms with Crippen molar-refractivity contribution in [1.82, 2.24) is 4.98 Å². The van der Waals surface area contributed by atoms with Crippen molar-refractivity contribution < 1.29 is 18.3 Å². The number of oxazole rings is 1. The highest BCUT2D eigenvalue weighted by Gasteiger charge is 2.23. The summed E-state index contributed by atoms with van der Waals surface area (Å²) < 4.78 is 24.1. The molecule has 1 aliphatic heterocycles. The van der Waals surface area contributed by atoms with Crippen molar-refractivity contribution >= 4 is 23.2 Å². The van der Waals surface area contributed by atoms with E-state index >= 15 is 0 Å². The number of nitrogens with zero attached hydrogens (tertiary/aromatic N) is 1. The highest BCUT2D eigenvalue weighted by Crippen LogP contribution is 2.31. The normalized spacial score (nSPS) is 15.7. The van der Waals surface area contributed by atoms with E-state index in [0.717, 1.165) is 5.56 Å². The minimum atomic E-state index is -0.324. The molecule has 1 aliphatic rings. The van der Waals surface area contributed by atoms with Crippen LogP contribution < -0.4 is 10.1 Å². The van der Waals surface area contributed by atoms with Gasteiger partial charge < -0.3 is 14.5 Å². The number of ether oxygens (including phenoxy) is 1. The van der Waals surface area contributed by atoms with Crippen molar-refractivity contribution in [3.05, 3.63) is 65.4 Å². The van der Waals surface area contributed by atoms with Crippen molar-refractivity contribution in [1.29, 1.82) is 0 Å². The zero-order valence-electron chi connectivity index (χ0n) is 14.2. The zero-order valence-corrected chi connectivity index (χ0v) is 15.0. The standard InChI is InChI=1S/C20H16ClFN2O3/c21-17-8-15(3-4-16(17)19-9-23-11-27-19)24-20(25)6-12-5-13-1-2-14(22)7-18(13)26-10-12/h1-4,7-9,11-12H,5-6,10H2,(H,24,25). The average Bonchev–Trinajstić information content (AvgIpc) is 3.16. The summed E-state index contributed by atoms with van der Waals surface area (Å²) in [5.74, 6) is 0.703. The molecular formula is C20H16ClFN2O3. The van der Waals surface area contributed by atoms with Gasteiger partial charge in [0.15, 0.2) is 12.2 Å². The Labute approximate surface area is 160 Å². The first-order valence-corrected chi connectivity index (χ1v) is 8.86. The van der Waals surface area contributed by atoms with E-state index in [1.54, 1.807) is 30.5 Å². The van der Waals surface area contributed by atoms with Crippen LogP contribution in [0, 0.1) is 11.7 Å². The van der Waals surface area contributed by atoms with E-state index in [2.05, 4.69) is 10.3 Å². The molecule has 2 heterocycles. The van der Waals surface area contributed by atoms with Crippen LogP contribution in [0.3, 0.4) is 0 Å². The molecule has 1 N–H and O–H groups in total. The number of anilines is 1. The van der Waals surface area contributed by atoms with E-state index < -0.39 is 0 Å². The lowest BCUT2D eigenvalue weighted by atomic mass is 9.93. The minimum Gasteiger partial charge on any atom is -0.493 e.